The SMILES string of the molecule is NC(=O)Cn1cc(NCc2ccc(Cl)c(F)c2)cn1. The molecular formula is C12H12ClFN4O. The lowest BCUT2D eigenvalue weighted by molar-refractivity contribution is -0.118. The molecule has 1 aromatic carbocycles. The Morgan fingerprint density at radius 2 is 2.32 bits per heavy atom. The third-order valence-electron chi connectivity index (χ3n) is 2.43. The van der Waals surface area contributed by atoms with Crippen molar-refractivity contribution in [2.45, 2.75) is 13.1 Å². The summed E-state index contributed by atoms with van der Waals surface area (Å²) >= 11 is 5.60. The molecule has 0 atom stereocenters. The van der Waals surface area contributed by atoms with E-state index in [9.17, 15) is 9.18 Å². The zero-order valence-electron chi connectivity index (χ0n) is 9.94. The summed E-state index contributed by atoms with van der Waals surface area (Å²) in [4.78, 5) is 10.7. The molecule has 3 N–H and O–H groups in total. The number of hydrogen-bond donors (Lipinski definition) is 2. The Morgan fingerprint density at radius 3 is 3.00 bits per heavy atom. The van der Waals surface area contributed by atoms with Crippen LogP contribution in [0.4, 0.5) is 10.1 Å². The summed E-state index contributed by atoms with van der Waals surface area (Å²) in [5.74, 6) is -0.917. The molecule has 0 unspecified atom stereocenters. The van der Waals surface area contributed by atoms with Crippen LogP contribution >= 0.6 is 11.6 Å². The van der Waals surface area contributed by atoms with Gasteiger partial charge in [-0.25, -0.2) is 4.39 Å². The van der Waals surface area contributed by atoms with E-state index in [4.69, 9.17) is 17.3 Å². The van der Waals surface area contributed by atoms with E-state index in [1.165, 1.54) is 16.8 Å². The van der Waals surface area contributed by atoms with Crippen LogP contribution in [0.2, 0.25) is 5.02 Å². The van der Waals surface area contributed by atoms with Gasteiger partial charge >= 0.3 is 0 Å². The number of nitrogens with one attached hydrogen (secondary N) is 1. The van der Waals surface area contributed by atoms with Gasteiger partial charge in [-0.1, -0.05) is 17.7 Å². The summed E-state index contributed by atoms with van der Waals surface area (Å²) in [5, 5.41) is 7.11. The number of nitrogens with zero attached hydrogens (tertiary/aromatic N) is 2. The Kier molecular flexibility index (Phi) is 4.01. The number of benzene rings is 1. The molecule has 0 saturated carbocycles. The predicted molar refractivity (Wildman–Crippen MR) is 70.2 cm³/mol. The summed E-state index contributed by atoms with van der Waals surface area (Å²) in [6.45, 7) is 0.452. The van der Waals surface area contributed by atoms with Gasteiger partial charge in [0.05, 0.1) is 16.9 Å². The summed E-state index contributed by atoms with van der Waals surface area (Å²) < 4.78 is 14.6. The van der Waals surface area contributed by atoms with Crippen molar-refractivity contribution in [3.8, 4) is 0 Å². The Balaban J connectivity index is 1.96. The minimum Gasteiger partial charge on any atom is -0.378 e. The average molecular weight is 283 g/mol. The molecule has 19 heavy (non-hydrogen) atoms. The summed E-state index contributed by atoms with van der Waals surface area (Å²) in [7, 11) is 0. The molecule has 0 aliphatic heterocycles. The second-order valence-corrected chi connectivity index (χ2v) is 4.40. The molecule has 0 bridgehead atoms. The van der Waals surface area contributed by atoms with E-state index in [0.717, 1.165) is 11.3 Å². The third kappa shape index (κ3) is 3.69. The van der Waals surface area contributed by atoms with Gasteiger partial charge in [0, 0.05) is 12.7 Å². The fourth-order valence-corrected chi connectivity index (χ4v) is 1.67. The van der Waals surface area contributed by atoms with Crippen LogP contribution in [0.25, 0.3) is 0 Å². The Bertz CT molecular complexity index is 599. The number of nitrogens with two attached hydrogens (primary N) is 1. The fraction of sp³-hybridized carbons (Fsp3) is 0.167. The maximum absolute atomic E-state index is 13.2. The van der Waals surface area contributed by atoms with Crippen LogP contribution in [0.15, 0.2) is 30.6 Å². The van der Waals surface area contributed by atoms with Gasteiger partial charge in [0.1, 0.15) is 12.4 Å². The number of halogens is 2. The Hall–Kier alpha value is -2.08. The van der Waals surface area contributed by atoms with E-state index in [2.05, 4.69) is 10.4 Å². The van der Waals surface area contributed by atoms with Gasteiger partial charge in [-0.3, -0.25) is 9.48 Å². The predicted octanol–water partition coefficient (Wildman–Crippen LogP) is 1.77. The Morgan fingerprint density at radius 1 is 1.53 bits per heavy atom. The molecule has 0 radical (unpaired) electrons. The number of amides is 1. The summed E-state index contributed by atoms with van der Waals surface area (Å²) in [6.07, 6.45) is 3.21. The average Bonchev–Trinajstić information content (AvgIpc) is 2.77. The van der Waals surface area contributed by atoms with Gasteiger partial charge in [-0.15, -0.1) is 0 Å². The lowest BCUT2D eigenvalue weighted by atomic mass is 10.2. The van der Waals surface area contributed by atoms with Crippen molar-refractivity contribution in [1.82, 2.24) is 9.78 Å². The number of carbonyl (C=O) groups is 1. The second-order valence-electron chi connectivity index (χ2n) is 3.99. The first-order chi connectivity index (χ1) is 9.04. The molecular weight excluding hydrogens is 271 g/mol. The number of carbonyl (C=O) groups excluding carboxylic acids is 1. The van der Waals surface area contributed by atoms with Crippen molar-refractivity contribution in [1.29, 1.82) is 0 Å². The zero-order chi connectivity index (χ0) is 13.8. The minimum absolute atomic E-state index is 0.0251. The quantitative estimate of drug-likeness (QED) is 0.878. The van der Waals surface area contributed by atoms with Crippen molar-refractivity contribution in [3.63, 3.8) is 0 Å². The van der Waals surface area contributed by atoms with Gasteiger partial charge in [0.15, 0.2) is 0 Å². The first kappa shape index (κ1) is 13.4. The highest BCUT2D eigenvalue weighted by molar-refractivity contribution is 6.30. The largest absolute Gasteiger partial charge is 0.378 e. The van der Waals surface area contributed by atoms with Crippen molar-refractivity contribution in [2.24, 2.45) is 5.73 Å². The molecule has 1 heterocycles. The fourth-order valence-electron chi connectivity index (χ4n) is 1.55. The van der Waals surface area contributed by atoms with Crippen molar-refractivity contribution in [2.75, 3.05) is 5.32 Å². The van der Waals surface area contributed by atoms with Gasteiger partial charge < -0.3 is 11.1 Å². The maximum Gasteiger partial charge on any atom is 0.239 e. The zero-order valence-corrected chi connectivity index (χ0v) is 10.7. The standard InChI is InChI=1S/C12H12ClFN4O/c13-10-2-1-8(3-11(10)14)4-16-9-5-17-18(6-9)7-12(15)19/h1-3,5-6,16H,4,7H2,(H2,15,19). The molecule has 0 aliphatic carbocycles. The van der Waals surface area contributed by atoms with E-state index in [0.29, 0.717) is 6.54 Å². The maximum atomic E-state index is 13.2. The van der Waals surface area contributed by atoms with Gasteiger partial charge in [-0.05, 0) is 17.7 Å². The van der Waals surface area contributed by atoms with Crippen LogP contribution in [0.1, 0.15) is 5.56 Å². The molecule has 1 aromatic heterocycles. The highest BCUT2D eigenvalue weighted by atomic mass is 35.5. The lowest BCUT2D eigenvalue weighted by Crippen LogP contribution is -2.18. The first-order valence-corrected chi connectivity index (χ1v) is 5.91. The minimum atomic E-state index is -0.463. The molecule has 0 saturated heterocycles. The topological polar surface area (TPSA) is 72.9 Å². The first-order valence-electron chi connectivity index (χ1n) is 5.53. The number of primary amides is 1. The van der Waals surface area contributed by atoms with Crippen LogP contribution in [0.3, 0.4) is 0 Å². The van der Waals surface area contributed by atoms with Crippen LogP contribution in [-0.4, -0.2) is 15.7 Å². The molecule has 5 nitrogen and oxygen atoms in total. The normalized spacial score (nSPS) is 10.4. The van der Waals surface area contributed by atoms with Crippen LogP contribution in [0.5, 0.6) is 0 Å². The molecule has 7 heteroatoms. The Labute approximate surface area is 114 Å². The van der Waals surface area contributed by atoms with Crippen LogP contribution < -0.4 is 11.1 Å². The molecule has 0 aliphatic rings. The number of anilines is 1. The number of rotatable bonds is 5. The van der Waals surface area contributed by atoms with Crippen molar-refractivity contribution < 1.29 is 9.18 Å². The molecule has 2 rings (SSSR count). The monoisotopic (exact) mass is 282 g/mol. The van der Waals surface area contributed by atoms with E-state index in [1.807, 2.05) is 0 Å². The molecule has 0 spiro atoms. The molecule has 1 amide bonds. The van der Waals surface area contributed by atoms with E-state index < -0.39 is 11.7 Å². The third-order valence-corrected chi connectivity index (χ3v) is 2.74. The molecule has 100 valence electrons. The highest BCUT2D eigenvalue weighted by Crippen LogP contribution is 2.16. The number of aromatic nitrogens is 2. The van der Waals surface area contributed by atoms with Gasteiger partial charge in [0.25, 0.3) is 0 Å². The van der Waals surface area contributed by atoms with Crippen LogP contribution in [-0.2, 0) is 17.9 Å². The van der Waals surface area contributed by atoms with E-state index in [-0.39, 0.29) is 11.6 Å². The van der Waals surface area contributed by atoms with Crippen LogP contribution in [0, 0.1) is 5.82 Å². The summed E-state index contributed by atoms with van der Waals surface area (Å²) in [5.41, 5.74) is 6.53. The highest BCUT2D eigenvalue weighted by Gasteiger charge is 2.03. The number of hydrogen-bond acceptors (Lipinski definition) is 3. The van der Waals surface area contributed by atoms with E-state index in [1.54, 1.807) is 18.5 Å². The molecule has 0 fully saturated rings. The van der Waals surface area contributed by atoms with Gasteiger partial charge in [-0.2, -0.15) is 5.10 Å². The molecule has 2 aromatic rings. The van der Waals surface area contributed by atoms with Crippen molar-refractivity contribution in [3.05, 3.63) is 47.0 Å². The lowest BCUT2D eigenvalue weighted by Gasteiger charge is -2.04. The smallest absolute Gasteiger partial charge is 0.239 e. The van der Waals surface area contributed by atoms with E-state index >= 15 is 0 Å². The van der Waals surface area contributed by atoms with Crippen molar-refractivity contribution >= 4 is 23.2 Å². The summed E-state index contributed by atoms with van der Waals surface area (Å²) in [6, 6.07) is 4.60. The van der Waals surface area contributed by atoms with Gasteiger partial charge in [0.2, 0.25) is 5.91 Å². The second kappa shape index (κ2) is 5.71.